The molecule has 1 unspecified atom stereocenters. The Labute approximate surface area is 200 Å². The number of hydrogen-bond acceptors (Lipinski definition) is 5. The summed E-state index contributed by atoms with van der Waals surface area (Å²) in [4.78, 5) is 11.9. The van der Waals surface area contributed by atoms with Crippen LogP contribution in [-0.4, -0.2) is 98.9 Å². The van der Waals surface area contributed by atoms with E-state index in [-0.39, 0.29) is 35.3 Å². The summed E-state index contributed by atoms with van der Waals surface area (Å²) in [6.07, 6.45) is 1.22. The van der Waals surface area contributed by atoms with Gasteiger partial charge in [-0.1, -0.05) is 0 Å². The van der Waals surface area contributed by atoms with Crippen LogP contribution in [0.3, 0.4) is 0 Å². The molecular formula is C21H33FIN5OS. The zero-order valence-corrected chi connectivity index (χ0v) is 20.8. The third-order valence-corrected chi connectivity index (χ3v) is 7.56. The van der Waals surface area contributed by atoms with Gasteiger partial charge in [0.05, 0.1) is 13.2 Å². The van der Waals surface area contributed by atoms with Gasteiger partial charge in [-0.05, 0) is 36.4 Å². The van der Waals surface area contributed by atoms with Crippen molar-refractivity contribution in [1.29, 1.82) is 0 Å². The first kappa shape index (κ1) is 23.9. The molecule has 0 amide bonds. The first-order valence-electron chi connectivity index (χ1n) is 10.6. The largest absolute Gasteiger partial charge is 0.379 e. The van der Waals surface area contributed by atoms with Crippen molar-refractivity contribution in [3.8, 4) is 0 Å². The Morgan fingerprint density at radius 2 is 1.83 bits per heavy atom. The summed E-state index contributed by atoms with van der Waals surface area (Å²) in [5.41, 5.74) is 1.29. The van der Waals surface area contributed by atoms with E-state index in [0.29, 0.717) is 0 Å². The van der Waals surface area contributed by atoms with E-state index >= 15 is 0 Å². The number of halogens is 2. The van der Waals surface area contributed by atoms with Gasteiger partial charge < -0.3 is 19.9 Å². The highest BCUT2D eigenvalue weighted by atomic mass is 127. The second-order valence-electron chi connectivity index (χ2n) is 7.98. The van der Waals surface area contributed by atoms with Crippen molar-refractivity contribution in [2.45, 2.75) is 12.0 Å². The zero-order chi connectivity index (χ0) is 20.1. The Hall–Kier alpha value is -0.780. The van der Waals surface area contributed by atoms with Crippen LogP contribution >= 0.6 is 35.7 Å². The van der Waals surface area contributed by atoms with E-state index < -0.39 is 0 Å². The first-order valence-corrected chi connectivity index (χ1v) is 11.7. The van der Waals surface area contributed by atoms with Crippen LogP contribution < -0.4 is 10.2 Å². The minimum absolute atomic E-state index is 0. The lowest BCUT2D eigenvalue weighted by Crippen LogP contribution is -2.61. The molecule has 6 nitrogen and oxygen atoms in total. The number of piperazine rings is 1. The summed E-state index contributed by atoms with van der Waals surface area (Å²) in [5, 5.41) is 3.69. The molecule has 1 N–H and O–H groups in total. The number of rotatable bonds is 4. The van der Waals surface area contributed by atoms with Gasteiger partial charge in [0.1, 0.15) is 5.82 Å². The first-order chi connectivity index (χ1) is 14.2. The Morgan fingerprint density at radius 3 is 2.43 bits per heavy atom. The number of nitrogens with zero attached hydrogens (tertiary/aromatic N) is 4. The van der Waals surface area contributed by atoms with Gasteiger partial charge in [-0.25, -0.2) is 4.39 Å². The maximum atomic E-state index is 13.2. The molecule has 1 aromatic rings. The predicted octanol–water partition coefficient (Wildman–Crippen LogP) is 2.35. The maximum Gasteiger partial charge on any atom is 0.193 e. The summed E-state index contributed by atoms with van der Waals surface area (Å²) in [7, 11) is 1.87. The number of benzene rings is 1. The van der Waals surface area contributed by atoms with E-state index in [1.807, 2.05) is 19.2 Å². The summed E-state index contributed by atoms with van der Waals surface area (Å²) in [5.74, 6) is 3.22. The second-order valence-corrected chi connectivity index (χ2v) is 9.08. The quantitative estimate of drug-likeness (QED) is 0.354. The van der Waals surface area contributed by atoms with Gasteiger partial charge in [0.25, 0.3) is 0 Å². The van der Waals surface area contributed by atoms with Gasteiger partial charge in [-0.2, -0.15) is 11.8 Å². The van der Waals surface area contributed by atoms with E-state index in [0.717, 1.165) is 70.7 Å². The second kappa shape index (κ2) is 11.2. The Bertz CT molecular complexity index is 687. The molecule has 0 saturated carbocycles. The Morgan fingerprint density at radius 1 is 1.13 bits per heavy atom. The molecule has 30 heavy (non-hydrogen) atoms. The van der Waals surface area contributed by atoms with Crippen molar-refractivity contribution in [1.82, 2.24) is 15.1 Å². The molecule has 0 spiro atoms. The summed E-state index contributed by atoms with van der Waals surface area (Å²) < 4.78 is 18.8. The molecule has 0 aromatic heterocycles. The van der Waals surface area contributed by atoms with Crippen LogP contribution in [0, 0.1) is 5.82 Å². The topological polar surface area (TPSA) is 43.3 Å². The van der Waals surface area contributed by atoms with Crippen molar-refractivity contribution >= 4 is 47.4 Å². The highest BCUT2D eigenvalue weighted by Gasteiger charge is 2.41. The van der Waals surface area contributed by atoms with E-state index in [1.54, 1.807) is 0 Å². The van der Waals surface area contributed by atoms with E-state index in [4.69, 9.17) is 4.74 Å². The Kier molecular flexibility index (Phi) is 8.91. The fraction of sp³-hybridized carbons (Fsp3) is 0.667. The SMILES string of the molecule is CN=C(NCC1(N2CCOCC2)CCSC1)N1CCN(c2ccc(F)cc2)CC1.I. The van der Waals surface area contributed by atoms with Gasteiger partial charge in [0.15, 0.2) is 5.96 Å². The number of hydrogen-bond donors (Lipinski definition) is 1. The molecule has 0 aliphatic carbocycles. The summed E-state index contributed by atoms with van der Waals surface area (Å²) in [6.45, 7) is 8.32. The number of morpholine rings is 1. The lowest BCUT2D eigenvalue weighted by Gasteiger charge is -2.44. The van der Waals surface area contributed by atoms with Crippen LogP contribution in [0.4, 0.5) is 10.1 Å². The minimum atomic E-state index is -0.184. The molecule has 3 saturated heterocycles. The monoisotopic (exact) mass is 549 g/mol. The third kappa shape index (κ3) is 5.52. The van der Waals surface area contributed by atoms with Crippen LogP contribution in [0.2, 0.25) is 0 Å². The molecule has 3 heterocycles. The molecular weight excluding hydrogens is 516 g/mol. The molecule has 0 radical (unpaired) electrons. The van der Waals surface area contributed by atoms with Gasteiger partial charge in [-0.15, -0.1) is 24.0 Å². The number of thioether (sulfide) groups is 1. The van der Waals surface area contributed by atoms with Crippen LogP contribution in [0.5, 0.6) is 0 Å². The summed E-state index contributed by atoms with van der Waals surface area (Å²) >= 11 is 2.06. The smallest absolute Gasteiger partial charge is 0.193 e. The molecule has 0 bridgehead atoms. The standard InChI is InChI=1S/C21H32FN5OS.HI/c1-23-20(24-16-21(6-15-29-17-21)27-11-13-28-14-12-27)26-9-7-25(8-10-26)19-4-2-18(22)3-5-19;/h2-5H,6-17H2,1H3,(H,23,24);1H. The van der Waals surface area contributed by atoms with Gasteiger partial charge in [0.2, 0.25) is 0 Å². The van der Waals surface area contributed by atoms with E-state index in [9.17, 15) is 4.39 Å². The van der Waals surface area contributed by atoms with Gasteiger partial charge >= 0.3 is 0 Å². The average Bonchev–Trinajstić information content (AvgIpc) is 3.26. The number of guanidine groups is 1. The number of aliphatic imine (C=N–C) groups is 1. The lowest BCUT2D eigenvalue weighted by molar-refractivity contribution is -0.0121. The number of nitrogens with one attached hydrogen (secondary N) is 1. The molecule has 3 aliphatic heterocycles. The van der Waals surface area contributed by atoms with Crippen LogP contribution in [0.25, 0.3) is 0 Å². The molecule has 4 rings (SSSR count). The third-order valence-electron chi connectivity index (χ3n) is 6.32. The zero-order valence-electron chi connectivity index (χ0n) is 17.7. The average molecular weight is 549 g/mol. The molecule has 3 aliphatic rings. The van der Waals surface area contributed by atoms with Crippen LogP contribution in [0.15, 0.2) is 29.3 Å². The Balaban J connectivity index is 0.00000256. The van der Waals surface area contributed by atoms with Crippen molar-refractivity contribution in [3.63, 3.8) is 0 Å². The molecule has 1 aromatic carbocycles. The fourth-order valence-corrected chi connectivity index (χ4v) is 6.02. The van der Waals surface area contributed by atoms with Crippen molar-refractivity contribution in [2.24, 2.45) is 4.99 Å². The highest BCUT2D eigenvalue weighted by Crippen LogP contribution is 2.33. The van der Waals surface area contributed by atoms with Gasteiger partial charge in [0, 0.05) is 69.8 Å². The van der Waals surface area contributed by atoms with E-state index in [2.05, 4.69) is 36.8 Å². The maximum absolute atomic E-state index is 13.2. The van der Waals surface area contributed by atoms with Crippen LogP contribution in [0.1, 0.15) is 6.42 Å². The number of anilines is 1. The normalized spacial score (nSPS) is 25.9. The fourth-order valence-electron chi connectivity index (χ4n) is 4.54. The minimum Gasteiger partial charge on any atom is -0.379 e. The van der Waals surface area contributed by atoms with Crippen molar-refractivity contribution in [3.05, 3.63) is 30.1 Å². The lowest BCUT2D eigenvalue weighted by atomic mass is 9.95. The predicted molar refractivity (Wildman–Crippen MR) is 134 cm³/mol. The summed E-state index contributed by atoms with van der Waals surface area (Å²) in [6, 6.07) is 6.80. The molecule has 168 valence electrons. The molecule has 3 fully saturated rings. The molecule has 1 atom stereocenters. The number of ether oxygens (including phenoxy) is 1. The van der Waals surface area contributed by atoms with Crippen LogP contribution in [-0.2, 0) is 4.74 Å². The van der Waals surface area contributed by atoms with E-state index in [1.165, 1.54) is 30.1 Å². The van der Waals surface area contributed by atoms with Crippen molar-refractivity contribution < 1.29 is 9.13 Å². The molecule has 9 heteroatoms. The highest BCUT2D eigenvalue weighted by molar-refractivity contribution is 14.0. The van der Waals surface area contributed by atoms with Crippen molar-refractivity contribution in [2.75, 3.05) is 82.5 Å². The van der Waals surface area contributed by atoms with Gasteiger partial charge in [-0.3, -0.25) is 9.89 Å².